The van der Waals surface area contributed by atoms with Gasteiger partial charge in [-0.2, -0.15) is 18.3 Å². The molecule has 0 aliphatic carbocycles. The fourth-order valence-electron chi connectivity index (χ4n) is 4.77. The van der Waals surface area contributed by atoms with Gasteiger partial charge in [0.2, 0.25) is 0 Å². The monoisotopic (exact) mass is 468 g/mol. The molecule has 34 heavy (non-hydrogen) atoms. The van der Waals surface area contributed by atoms with Gasteiger partial charge in [0, 0.05) is 54.1 Å². The Labute approximate surface area is 193 Å². The van der Waals surface area contributed by atoms with Crippen LogP contribution in [0.1, 0.15) is 23.1 Å². The van der Waals surface area contributed by atoms with Crippen LogP contribution in [0.3, 0.4) is 0 Å². The number of alkyl halides is 3. The average molecular weight is 468 g/mol. The number of halogens is 3. The maximum absolute atomic E-state index is 14.2. The molecule has 4 aromatic rings. The minimum atomic E-state index is -4.54. The molecule has 0 atom stereocenters. The maximum Gasteiger partial charge on any atom is 0.417 e. The van der Waals surface area contributed by atoms with Crippen molar-refractivity contribution < 1.29 is 17.9 Å². The van der Waals surface area contributed by atoms with Gasteiger partial charge in [0.05, 0.1) is 30.1 Å². The van der Waals surface area contributed by atoms with Crippen molar-refractivity contribution in [3.8, 4) is 16.9 Å². The van der Waals surface area contributed by atoms with E-state index in [9.17, 15) is 18.0 Å². The molecule has 176 valence electrons. The highest BCUT2D eigenvalue weighted by atomic mass is 19.4. The van der Waals surface area contributed by atoms with E-state index in [4.69, 9.17) is 4.74 Å². The van der Waals surface area contributed by atoms with E-state index in [0.29, 0.717) is 46.7 Å². The summed E-state index contributed by atoms with van der Waals surface area (Å²) in [7, 11) is 3.21. The van der Waals surface area contributed by atoms with E-state index in [1.165, 1.54) is 25.6 Å². The summed E-state index contributed by atoms with van der Waals surface area (Å²) < 4.78 is 49.5. The summed E-state index contributed by atoms with van der Waals surface area (Å²) in [5, 5.41) is 7.21. The molecular weight excluding hydrogens is 445 g/mol. The van der Waals surface area contributed by atoms with E-state index in [-0.39, 0.29) is 11.1 Å². The van der Waals surface area contributed by atoms with Crippen LogP contribution in [0.4, 0.5) is 24.5 Å². The van der Waals surface area contributed by atoms with E-state index in [1.54, 1.807) is 36.7 Å². The Morgan fingerprint density at radius 1 is 1.12 bits per heavy atom. The van der Waals surface area contributed by atoms with Crippen molar-refractivity contribution in [1.82, 2.24) is 14.8 Å². The minimum absolute atomic E-state index is 0.107. The number of nitrogens with one attached hydrogen (secondary N) is 1. The van der Waals surface area contributed by atoms with E-state index >= 15 is 0 Å². The Morgan fingerprint density at radius 2 is 1.91 bits per heavy atom. The van der Waals surface area contributed by atoms with Gasteiger partial charge in [-0.1, -0.05) is 0 Å². The zero-order chi connectivity index (χ0) is 24.2. The molecule has 0 fully saturated rings. The van der Waals surface area contributed by atoms with Crippen LogP contribution < -0.4 is 15.2 Å². The largest absolute Gasteiger partial charge is 0.497 e. The summed E-state index contributed by atoms with van der Waals surface area (Å²) in [6.07, 6.45) is -0.241. The number of aromatic nitrogens is 3. The lowest BCUT2D eigenvalue weighted by Gasteiger charge is -2.34. The van der Waals surface area contributed by atoms with Crippen LogP contribution in [-0.2, 0) is 19.6 Å². The zero-order valence-corrected chi connectivity index (χ0v) is 19.0. The second kappa shape index (κ2) is 7.93. The Hall–Kier alpha value is -3.75. The predicted molar refractivity (Wildman–Crippen MR) is 125 cm³/mol. The lowest BCUT2D eigenvalue weighted by molar-refractivity contribution is -0.137. The second-order valence-corrected chi connectivity index (χ2v) is 8.54. The standard InChI is InChI=1S/C25H23F3N4O2/c1-14-7-19-22(31(2)24(14)33)9-17(34-3)10-23(19)32-6-4-5-15-8-18(16-12-29-30-13-16)20(11-21(15)32)25(26,27)28/h7-13H,4-6H2,1-3H3,(H,29,30). The number of nitrogens with zero attached hydrogens (tertiary/aromatic N) is 3. The van der Waals surface area contributed by atoms with E-state index in [2.05, 4.69) is 10.2 Å². The molecule has 1 aliphatic rings. The topological polar surface area (TPSA) is 63.1 Å². The fraction of sp³-hybridized carbons (Fsp3) is 0.280. The molecule has 0 radical (unpaired) electrons. The third-order valence-corrected chi connectivity index (χ3v) is 6.45. The molecule has 0 saturated carbocycles. The van der Waals surface area contributed by atoms with Gasteiger partial charge in [0.15, 0.2) is 0 Å². The van der Waals surface area contributed by atoms with Crippen LogP contribution in [0.2, 0.25) is 0 Å². The molecule has 0 spiro atoms. The highest BCUT2D eigenvalue weighted by Gasteiger charge is 2.36. The van der Waals surface area contributed by atoms with Gasteiger partial charge < -0.3 is 14.2 Å². The lowest BCUT2D eigenvalue weighted by atomic mass is 9.92. The fourth-order valence-corrected chi connectivity index (χ4v) is 4.77. The summed E-state index contributed by atoms with van der Waals surface area (Å²) in [4.78, 5) is 14.5. The van der Waals surface area contributed by atoms with Gasteiger partial charge in [-0.25, -0.2) is 0 Å². The summed E-state index contributed by atoms with van der Waals surface area (Å²) >= 11 is 0. The molecule has 2 aromatic heterocycles. The molecule has 9 heteroatoms. The number of hydrogen-bond donors (Lipinski definition) is 1. The molecule has 0 saturated heterocycles. The SMILES string of the molecule is COc1cc(N2CCCc3cc(-c4cn[nH]c4)c(C(F)(F)F)cc32)c2cc(C)c(=O)n(C)c2c1. The zero-order valence-electron chi connectivity index (χ0n) is 19.0. The number of anilines is 2. The number of benzene rings is 2. The van der Waals surface area contributed by atoms with Crippen molar-refractivity contribution >= 4 is 22.3 Å². The molecule has 0 amide bonds. The van der Waals surface area contributed by atoms with Crippen LogP contribution >= 0.6 is 0 Å². The molecule has 2 aromatic carbocycles. The van der Waals surface area contributed by atoms with E-state index in [0.717, 1.165) is 17.4 Å². The van der Waals surface area contributed by atoms with Gasteiger partial charge >= 0.3 is 6.18 Å². The summed E-state index contributed by atoms with van der Waals surface area (Å²) in [6.45, 7) is 2.28. The number of aromatic amines is 1. The first-order valence-electron chi connectivity index (χ1n) is 10.9. The van der Waals surface area contributed by atoms with Crippen molar-refractivity contribution in [3.63, 3.8) is 0 Å². The number of H-pyrrole nitrogens is 1. The third-order valence-electron chi connectivity index (χ3n) is 6.45. The van der Waals surface area contributed by atoms with Crippen LogP contribution in [0, 0.1) is 6.92 Å². The molecule has 6 nitrogen and oxygen atoms in total. The molecule has 5 rings (SSSR count). The summed E-state index contributed by atoms with van der Waals surface area (Å²) in [6, 6.07) is 8.24. The second-order valence-electron chi connectivity index (χ2n) is 8.54. The Kier molecular flexibility index (Phi) is 5.15. The van der Waals surface area contributed by atoms with E-state index in [1.807, 2.05) is 11.0 Å². The normalized spacial score (nSPS) is 13.9. The molecule has 1 N–H and O–H groups in total. The minimum Gasteiger partial charge on any atom is -0.497 e. The van der Waals surface area contributed by atoms with Crippen molar-refractivity contribution in [2.24, 2.45) is 7.05 Å². The predicted octanol–water partition coefficient (Wildman–Crippen LogP) is 5.35. The highest BCUT2D eigenvalue weighted by molar-refractivity contribution is 5.96. The summed E-state index contributed by atoms with van der Waals surface area (Å²) in [5.41, 5.74) is 2.91. The van der Waals surface area contributed by atoms with Gasteiger partial charge in [-0.05, 0) is 49.1 Å². The van der Waals surface area contributed by atoms with Crippen LogP contribution in [0.25, 0.3) is 22.0 Å². The van der Waals surface area contributed by atoms with Crippen LogP contribution in [0.15, 0.2) is 47.5 Å². The Balaban J connectivity index is 1.79. The molecule has 1 aliphatic heterocycles. The average Bonchev–Trinajstić information content (AvgIpc) is 3.35. The Bertz CT molecular complexity index is 1460. The van der Waals surface area contributed by atoms with Crippen molar-refractivity contribution in [2.75, 3.05) is 18.6 Å². The number of methoxy groups -OCH3 is 1. The summed E-state index contributed by atoms with van der Waals surface area (Å²) in [5.74, 6) is 0.527. The van der Waals surface area contributed by atoms with Gasteiger partial charge in [0.1, 0.15) is 5.75 Å². The van der Waals surface area contributed by atoms with Crippen molar-refractivity contribution in [3.05, 3.63) is 69.8 Å². The first kappa shape index (κ1) is 22.1. The number of aryl methyl sites for hydroxylation is 3. The number of pyridine rings is 1. The first-order valence-corrected chi connectivity index (χ1v) is 10.9. The number of ether oxygens (including phenoxy) is 1. The van der Waals surface area contributed by atoms with Crippen LogP contribution in [0.5, 0.6) is 5.75 Å². The maximum atomic E-state index is 14.2. The van der Waals surface area contributed by atoms with Gasteiger partial charge in [-0.3, -0.25) is 9.89 Å². The van der Waals surface area contributed by atoms with E-state index < -0.39 is 11.7 Å². The molecule has 3 heterocycles. The third kappa shape index (κ3) is 3.52. The first-order chi connectivity index (χ1) is 16.2. The molecule has 0 unspecified atom stereocenters. The van der Waals surface area contributed by atoms with Gasteiger partial charge in [0.25, 0.3) is 5.56 Å². The quantitative estimate of drug-likeness (QED) is 0.440. The van der Waals surface area contributed by atoms with Crippen molar-refractivity contribution in [2.45, 2.75) is 25.9 Å². The number of hydrogen-bond acceptors (Lipinski definition) is 4. The van der Waals surface area contributed by atoms with Crippen LogP contribution in [-0.4, -0.2) is 28.4 Å². The lowest BCUT2D eigenvalue weighted by Crippen LogP contribution is -2.27. The Morgan fingerprint density at radius 3 is 2.59 bits per heavy atom. The smallest absolute Gasteiger partial charge is 0.417 e. The highest BCUT2D eigenvalue weighted by Crippen LogP contribution is 2.45. The number of fused-ring (bicyclic) bond motifs is 2. The van der Waals surface area contributed by atoms with Gasteiger partial charge in [-0.15, -0.1) is 0 Å². The molecule has 0 bridgehead atoms. The molecular formula is C25H23F3N4O2. The number of rotatable bonds is 3. The van der Waals surface area contributed by atoms with Crippen molar-refractivity contribution in [1.29, 1.82) is 0 Å².